The van der Waals surface area contributed by atoms with Crippen molar-refractivity contribution in [3.05, 3.63) is 18.2 Å². The molecule has 2 N–H and O–H groups in total. The van der Waals surface area contributed by atoms with Crippen LogP contribution in [0, 0.1) is 5.41 Å². The lowest BCUT2D eigenvalue weighted by atomic mass is 9.95. The Labute approximate surface area is 143 Å². The monoisotopic (exact) mass is 336 g/mol. The second-order valence-electron chi connectivity index (χ2n) is 6.46. The Bertz CT molecular complexity index is 579. The first-order valence-electron chi connectivity index (χ1n) is 8.20. The fraction of sp³-hybridized carbons (Fsp3) is 0.556. The molecule has 0 heterocycles. The molecule has 0 fully saturated rings. The molecule has 0 aromatic heterocycles. The minimum atomic E-state index is -0.665. The van der Waals surface area contributed by atoms with Crippen LogP contribution in [0.25, 0.3) is 0 Å². The van der Waals surface area contributed by atoms with Gasteiger partial charge in [-0.1, -0.05) is 20.8 Å². The maximum absolute atomic E-state index is 12.4. The van der Waals surface area contributed by atoms with Crippen LogP contribution in [0.2, 0.25) is 0 Å². The van der Waals surface area contributed by atoms with Gasteiger partial charge in [0.15, 0.2) is 0 Å². The Morgan fingerprint density at radius 2 is 1.75 bits per heavy atom. The van der Waals surface area contributed by atoms with Crippen molar-refractivity contribution in [2.45, 2.75) is 47.6 Å². The smallest absolute Gasteiger partial charge is 0.246 e. The van der Waals surface area contributed by atoms with E-state index in [1.165, 1.54) is 0 Å². The minimum Gasteiger partial charge on any atom is -0.494 e. The molecule has 1 unspecified atom stereocenters. The Morgan fingerprint density at radius 1 is 1.12 bits per heavy atom. The normalized spacial score (nSPS) is 12.2. The van der Waals surface area contributed by atoms with Crippen LogP contribution in [0.5, 0.6) is 11.5 Å². The number of anilines is 1. The summed E-state index contributed by atoms with van der Waals surface area (Å²) >= 11 is 0. The van der Waals surface area contributed by atoms with Crippen LogP contribution in [0.3, 0.4) is 0 Å². The fourth-order valence-electron chi connectivity index (χ4n) is 1.86. The summed E-state index contributed by atoms with van der Waals surface area (Å²) in [7, 11) is 0. The van der Waals surface area contributed by atoms with Crippen LogP contribution < -0.4 is 20.1 Å². The summed E-state index contributed by atoms with van der Waals surface area (Å²) in [6.07, 6.45) is 0. The topological polar surface area (TPSA) is 76.7 Å². The number of nitrogens with one attached hydrogen (secondary N) is 2. The number of hydrogen-bond donors (Lipinski definition) is 2. The van der Waals surface area contributed by atoms with E-state index in [0.717, 1.165) is 0 Å². The van der Waals surface area contributed by atoms with Gasteiger partial charge in [-0.05, 0) is 32.9 Å². The van der Waals surface area contributed by atoms with Crippen LogP contribution in [0.1, 0.15) is 41.5 Å². The molecular weight excluding hydrogens is 308 g/mol. The molecule has 2 amide bonds. The van der Waals surface area contributed by atoms with Crippen LogP contribution in [-0.2, 0) is 9.59 Å². The van der Waals surface area contributed by atoms with Crippen molar-refractivity contribution in [3.63, 3.8) is 0 Å². The predicted octanol–water partition coefficient (Wildman–Crippen LogP) is 2.97. The van der Waals surface area contributed by atoms with Gasteiger partial charge in [-0.2, -0.15) is 0 Å². The molecule has 0 saturated carbocycles. The molecule has 1 atom stereocenters. The molecule has 6 nitrogen and oxygen atoms in total. The van der Waals surface area contributed by atoms with E-state index in [9.17, 15) is 9.59 Å². The van der Waals surface area contributed by atoms with Crippen molar-refractivity contribution in [1.29, 1.82) is 0 Å². The zero-order valence-corrected chi connectivity index (χ0v) is 15.4. The molecule has 0 aliphatic carbocycles. The Morgan fingerprint density at radius 3 is 2.29 bits per heavy atom. The van der Waals surface area contributed by atoms with Gasteiger partial charge in [-0.15, -0.1) is 0 Å². The van der Waals surface area contributed by atoms with Crippen molar-refractivity contribution in [1.82, 2.24) is 5.32 Å². The van der Waals surface area contributed by atoms with Gasteiger partial charge in [-0.25, -0.2) is 0 Å². The summed E-state index contributed by atoms with van der Waals surface area (Å²) in [5.74, 6) is 0.701. The van der Waals surface area contributed by atoms with Gasteiger partial charge in [0.25, 0.3) is 0 Å². The zero-order chi connectivity index (χ0) is 18.3. The molecule has 0 saturated heterocycles. The van der Waals surface area contributed by atoms with Crippen LogP contribution in [-0.4, -0.2) is 31.1 Å². The third-order valence-electron chi connectivity index (χ3n) is 3.24. The lowest BCUT2D eigenvalue weighted by molar-refractivity contribution is -0.131. The van der Waals surface area contributed by atoms with Gasteiger partial charge in [-0.3, -0.25) is 9.59 Å². The van der Waals surface area contributed by atoms with Gasteiger partial charge in [0.2, 0.25) is 11.8 Å². The largest absolute Gasteiger partial charge is 0.494 e. The summed E-state index contributed by atoms with van der Waals surface area (Å²) < 4.78 is 11.0. The second kappa shape index (κ2) is 8.57. The van der Waals surface area contributed by atoms with E-state index in [1.807, 2.05) is 13.8 Å². The molecule has 24 heavy (non-hydrogen) atoms. The summed E-state index contributed by atoms with van der Waals surface area (Å²) in [5.41, 5.74) is -0.0374. The SMILES string of the molecule is CCOc1ccc(OCC)c(NC(=O)C(C)NC(=O)C(C)(C)C)c1. The van der Waals surface area contributed by atoms with E-state index < -0.39 is 11.5 Å². The summed E-state index contributed by atoms with van der Waals surface area (Å²) in [4.78, 5) is 24.4. The van der Waals surface area contributed by atoms with E-state index in [4.69, 9.17) is 9.47 Å². The van der Waals surface area contributed by atoms with Gasteiger partial charge < -0.3 is 20.1 Å². The number of amides is 2. The molecule has 1 aromatic rings. The van der Waals surface area contributed by atoms with E-state index in [2.05, 4.69) is 10.6 Å². The highest BCUT2D eigenvalue weighted by Gasteiger charge is 2.25. The summed E-state index contributed by atoms with van der Waals surface area (Å²) in [6.45, 7) is 11.8. The summed E-state index contributed by atoms with van der Waals surface area (Å²) in [6, 6.07) is 4.59. The van der Waals surface area contributed by atoms with Crippen LogP contribution >= 0.6 is 0 Å². The van der Waals surface area contributed by atoms with Gasteiger partial charge in [0, 0.05) is 11.5 Å². The van der Waals surface area contributed by atoms with Crippen molar-refractivity contribution in [3.8, 4) is 11.5 Å². The highest BCUT2D eigenvalue weighted by molar-refractivity contribution is 5.98. The van der Waals surface area contributed by atoms with Crippen LogP contribution in [0.15, 0.2) is 18.2 Å². The number of benzene rings is 1. The van der Waals surface area contributed by atoms with Crippen molar-refractivity contribution >= 4 is 17.5 Å². The number of carbonyl (C=O) groups is 2. The number of ether oxygens (including phenoxy) is 2. The lowest BCUT2D eigenvalue weighted by Crippen LogP contribution is -2.46. The Balaban J connectivity index is 2.87. The molecular formula is C18H28N2O4. The third-order valence-corrected chi connectivity index (χ3v) is 3.24. The quantitative estimate of drug-likeness (QED) is 0.802. The van der Waals surface area contributed by atoms with Crippen LogP contribution in [0.4, 0.5) is 5.69 Å². The summed E-state index contributed by atoms with van der Waals surface area (Å²) in [5, 5.41) is 5.50. The number of rotatable bonds is 7. The predicted molar refractivity (Wildman–Crippen MR) is 94.5 cm³/mol. The van der Waals surface area contributed by atoms with Gasteiger partial charge in [0.1, 0.15) is 17.5 Å². The molecule has 1 aromatic carbocycles. The third kappa shape index (κ3) is 5.76. The first-order chi connectivity index (χ1) is 11.2. The Kier molecular flexibility index (Phi) is 7.07. The zero-order valence-electron chi connectivity index (χ0n) is 15.4. The Hall–Kier alpha value is -2.24. The first kappa shape index (κ1) is 19.8. The minimum absolute atomic E-state index is 0.182. The maximum atomic E-state index is 12.4. The molecule has 134 valence electrons. The average molecular weight is 336 g/mol. The van der Waals surface area contributed by atoms with Gasteiger partial charge >= 0.3 is 0 Å². The van der Waals surface area contributed by atoms with E-state index in [-0.39, 0.29) is 11.8 Å². The lowest BCUT2D eigenvalue weighted by Gasteiger charge is -2.22. The van der Waals surface area contributed by atoms with E-state index in [0.29, 0.717) is 30.4 Å². The number of carbonyl (C=O) groups excluding carboxylic acids is 2. The molecule has 0 radical (unpaired) electrons. The molecule has 0 bridgehead atoms. The molecule has 1 rings (SSSR count). The first-order valence-corrected chi connectivity index (χ1v) is 8.20. The highest BCUT2D eigenvalue weighted by Crippen LogP contribution is 2.29. The molecule has 0 spiro atoms. The van der Waals surface area contributed by atoms with Crippen molar-refractivity contribution in [2.75, 3.05) is 18.5 Å². The standard InChI is InChI=1S/C18H28N2O4/c1-7-23-13-9-10-15(24-8-2)14(11-13)20-16(21)12(3)19-17(22)18(4,5)6/h9-12H,7-8H2,1-6H3,(H,19,22)(H,20,21). The van der Waals surface area contributed by atoms with E-state index >= 15 is 0 Å². The van der Waals surface area contributed by atoms with Crippen molar-refractivity contribution in [2.24, 2.45) is 5.41 Å². The van der Waals surface area contributed by atoms with Gasteiger partial charge in [0.05, 0.1) is 18.9 Å². The van der Waals surface area contributed by atoms with Crippen molar-refractivity contribution < 1.29 is 19.1 Å². The molecule has 6 heteroatoms. The molecule has 0 aliphatic rings. The van der Waals surface area contributed by atoms with E-state index in [1.54, 1.807) is 45.9 Å². The fourth-order valence-corrected chi connectivity index (χ4v) is 1.86. The second-order valence-corrected chi connectivity index (χ2v) is 6.46. The average Bonchev–Trinajstić information content (AvgIpc) is 2.49. The number of hydrogen-bond acceptors (Lipinski definition) is 4. The maximum Gasteiger partial charge on any atom is 0.246 e. The molecule has 0 aliphatic heterocycles. The highest BCUT2D eigenvalue weighted by atomic mass is 16.5.